The quantitative estimate of drug-likeness (QED) is 0.487. The molecule has 0 amide bonds. The summed E-state index contributed by atoms with van der Waals surface area (Å²) in [5, 5.41) is 1.11. The van der Waals surface area contributed by atoms with E-state index in [9.17, 15) is 8.42 Å². The lowest BCUT2D eigenvalue weighted by atomic mass is 9.92. The molecule has 5 nitrogen and oxygen atoms in total. The summed E-state index contributed by atoms with van der Waals surface area (Å²) in [5.74, 6) is -0.158. The van der Waals surface area contributed by atoms with Gasteiger partial charge in [0.05, 0.1) is 4.90 Å². The van der Waals surface area contributed by atoms with Crippen molar-refractivity contribution in [1.82, 2.24) is 14.3 Å². The lowest BCUT2D eigenvalue weighted by Gasteiger charge is -2.18. The molecule has 0 aliphatic carbocycles. The molecular formula is C24H25N3O2S. The van der Waals surface area contributed by atoms with Crippen LogP contribution in [0, 0.1) is 0 Å². The van der Waals surface area contributed by atoms with Crippen molar-refractivity contribution in [3.63, 3.8) is 0 Å². The van der Waals surface area contributed by atoms with Gasteiger partial charge in [-0.1, -0.05) is 43.3 Å². The van der Waals surface area contributed by atoms with E-state index in [0.29, 0.717) is 0 Å². The van der Waals surface area contributed by atoms with Crippen LogP contribution in [0.5, 0.6) is 0 Å². The second-order valence-electron chi connectivity index (χ2n) is 7.40. The number of nitrogens with one attached hydrogen (secondary N) is 1. The number of benzene rings is 2. The lowest BCUT2D eigenvalue weighted by Crippen LogP contribution is -2.29. The predicted octanol–water partition coefficient (Wildman–Crippen LogP) is 4.25. The molecule has 2 aromatic carbocycles. The van der Waals surface area contributed by atoms with E-state index in [1.807, 2.05) is 50.4 Å². The Labute approximate surface area is 177 Å². The molecule has 2 heterocycles. The molecule has 30 heavy (non-hydrogen) atoms. The number of aryl methyl sites for hydroxylation is 2. The van der Waals surface area contributed by atoms with Crippen molar-refractivity contribution < 1.29 is 8.42 Å². The first-order valence-corrected chi connectivity index (χ1v) is 11.5. The number of rotatable bonds is 7. The molecule has 154 valence electrons. The number of pyridine rings is 1. The second kappa shape index (κ2) is 8.42. The monoisotopic (exact) mass is 419 g/mol. The molecule has 0 saturated carbocycles. The fourth-order valence-corrected chi connectivity index (χ4v) is 4.87. The third-order valence-electron chi connectivity index (χ3n) is 5.51. The fraction of sp³-hybridized carbons (Fsp3) is 0.208. The van der Waals surface area contributed by atoms with Gasteiger partial charge in [0.15, 0.2) is 0 Å². The van der Waals surface area contributed by atoms with Crippen molar-refractivity contribution in [3.05, 3.63) is 95.9 Å². The maximum absolute atomic E-state index is 12.9. The summed E-state index contributed by atoms with van der Waals surface area (Å²) in [7, 11) is -1.61. The number of aromatic nitrogens is 2. The summed E-state index contributed by atoms with van der Waals surface area (Å²) in [5.41, 5.74) is 4.26. The standard InChI is InChI=1S/C24H25N3O2S/c1-3-18-10-12-20(13-11-18)30(28,29)26-16-22(19-7-6-14-25-15-19)23-17-27(2)24-9-5-4-8-21(23)24/h4-15,17,22,26H,3,16H2,1-2H3. The number of fused-ring (bicyclic) bond motifs is 1. The van der Waals surface area contributed by atoms with Crippen LogP contribution in [0.15, 0.2) is 84.1 Å². The predicted molar refractivity (Wildman–Crippen MR) is 120 cm³/mol. The first-order valence-electron chi connectivity index (χ1n) is 10.0. The van der Waals surface area contributed by atoms with Crippen molar-refractivity contribution in [2.24, 2.45) is 7.05 Å². The summed E-state index contributed by atoms with van der Waals surface area (Å²) in [6.07, 6.45) is 6.48. The molecule has 0 fully saturated rings. The van der Waals surface area contributed by atoms with E-state index in [-0.39, 0.29) is 17.4 Å². The number of hydrogen-bond acceptors (Lipinski definition) is 3. The highest BCUT2D eigenvalue weighted by molar-refractivity contribution is 7.89. The Bertz CT molecular complexity index is 1250. The van der Waals surface area contributed by atoms with Crippen LogP contribution >= 0.6 is 0 Å². The zero-order chi connectivity index (χ0) is 21.1. The Morgan fingerprint density at radius 2 is 1.80 bits per heavy atom. The van der Waals surface area contributed by atoms with Crippen LogP contribution in [-0.2, 0) is 23.5 Å². The average molecular weight is 420 g/mol. The van der Waals surface area contributed by atoms with Gasteiger partial charge in [0.25, 0.3) is 0 Å². The van der Waals surface area contributed by atoms with Crippen molar-refractivity contribution in [2.75, 3.05) is 6.54 Å². The van der Waals surface area contributed by atoms with E-state index >= 15 is 0 Å². The Morgan fingerprint density at radius 1 is 1.03 bits per heavy atom. The van der Waals surface area contributed by atoms with Gasteiger partial charge in [-0.15, -0.1) is 0 Å². The van der Waals surface area contributed by atoms with E-state index < -0.39 is 10.0 Å². The Hall–Kier alpha value is -2.96. The summed E-state index contributed by atoms with van der Waals surface area (Å²) in [4.78, 5) is 4.54. The number of hydrogen-bond donors (Lipinski definition) is 1. The van der Waals surface area contributed by atoms with Crippen LogP contribution in [-0.4, -0.2) is 24.5 Å². The third kappa shape index (κ3) is 4.01. The molecule has 1 N–H and O–H groups in total. The second-order valence-corrected chi connectivity index (χ2v) is 9.17. The molecule has 1 unspecified atom stereocenters. The summed E-state index contributed by atoms with van der Waals surface area (Å²) >= 11 is 0. The van der Waals surface area contributed by atoms with Crippen LogP contribution in [0.25, 0.3) is 10.9 Å². The van der Waals surface area contributed by atoms with Gasteiger partial charge < -0.3 is 4.57 Å². The molecule has 4 aromatic rings. The first-order chi connectivity index (χ1) is 14.5. The zero-order valence-corrected chi connectivity index (χ0v) is 17.9. The van der Waals surface area contributed by atoms with Crippen molar-refractivity contribution in [1.29, 1.82) is 0 Å². The maximum atomic E-state index is 12.9. The van der Waals surface area contributed by atoms with E-state index in [4.69, 9.17) is 0 Å². The zero-order valence-electron chi connectivity index (χ0n) is 17.1. The van der Waals surface area contributed by atoms with Crippen LogP contribution < -0.4 is 4.72 Å². The number of para-hydroxylation sites is 1. The van der Waals surface area contributed by atoms with Gasteiger partial charge in [0, 0.05) is 49.0 Å². The molecule has 6 heteroatoms. The van der Waals surface area contributed by atoms with E-state index in [0.717, 1.165) is 34.0 Å². The molecule has 1 atom stereocenters. The summed E-state index contributed by atoms with van der Waals surface area (Å²) in [6, 6.07) is 19.1. The van der Waals surface area contributed by atoms with Crippen LogP contribution in [0.2, 0.25) is 0 Å². The molecule has 0 saturated heterocycles. The topological polar surface area (TPSA) is 64.0 Å². The minimum atomic E-state index is -3.62. The first kappa shape index (κ1) is 20.3. The highest BCUT2D eigenvalue weighted by Gasteiger charge is 2.23. The molecule has 2 aromatic heterocycles. The van der Waals surface area contributed by atoms with Gasteiger partial charge >= 0.3 is 0 Å². The minimum absolute atomic E-state index is 0.158. The van der Waals surface area contributed by atoms with E-state index in [1.54, 1.807) is 24.5 Å². The molecule has 0 spiro atoms. The largest absolute Gasteiger partial charge is 0.350 e. The fourth-order valence-electron chi connectivity index (χ4n) is 3.82. The Morgan fingerprint density at radius 3 is 2.50 bits per heavy atom. The van der Waals surface area contributed by atoms with Gasteiger partial charge in [-0.2, -0.15) is 0 Å². The normalized spacial score (nSPS) is 12.9. The Balaban J connectivity index is 1.69. The molecule has 4 rings (SSSR count). The van der Waals surface area contributed by atoms with Crippen LogP contribution in [0.4, 0.5) is 0 Å². The summed E-state index contributed by atoms with van der Waals surface area (Å²) < 4.78 is 30.8. The van der Waals surface area contributed by atoms with E-state index in [2.05, 4.69) is 32.6 Å². The smallest absolute Gasteiger partial charge is 0.240 e. The highest BCUT2D eigenvalue weighted by atomic mass is 32.2. The van der Waals surface area contributed by atoms with Crippen molar-refractivity contribution in [2.45, 2.75) is 24.2 Å². The van der Waals surface area contributed by atoms with Gasteiger partial charge in [0.1, 0.15) is 0 Å². The van der Waals surface area contributed by atoms with Crippen molar-refractivity contribution in [3.8, 4) is 0 Å². The van der Waals surface area contributed by atoms with Gasteiger partial charge in [0.2, 0.25) is 10.0 Å². The van der Waals surface area contributed by atoms with Gasteiger partial charge in [-0.05, 0) is 47.4 Å². The Kier molecular flexibility index (Phi) is 5.70. The SMILES string of the molecule is CCc1ccc(S(=O)(=O)NCC(c2cccnc2)c2cn(C)c3ccccc23)cc1. The average Bonchev–Trinajstić information content (AvgIpc) is 3.11. The van der Waals surface area contributed by atoms with Crippen molar-refractivity contribution >= 4 is 20.9 Å². The molecular weight excluding hydrogens is 394 g/mol. The molecule has 0 radical (unpaired) electrons. The molecule has 0 aliphatic rings. The van der Waals surface area contributed by atoms with Crippen LogP contribution in [0.3, 0.4) is 0 Å². The molecule has 0 aliphatic heterocycles. The third-order valence-corrected chi connectivity index (χ3v) is 6.95. The highest BCUT2D eigenvalue weighted by Crippen LogP contribution is 2.31. The maximum Gasteiger partial charge on any atom is 0.240 e. The minimum Gasteiger partial charge on any atom is -0.350 e. The summed E-state index contributed by atoms with van der Waals surface area (Å²) in [6.45, 7) is 2.29. The van der Waals surface area contributed by atoms with E-state index in [1.165, 1.54) is 0 Å². The van der Waals surface area contributed by atoms with Gasteiger partial charge in [-0.25, -0.2) is 13.1 Å². The lowest BCUT2D eigenvalue weighted by molar-refractivity contribution is 0.577. The van der Waals surface area contributed by atoms with Gasteiger partial charge in [-0.3, -0.25) is 4.98 Å². The van der Waals surface area contributed by atoms with Crippen LogP contribution in [0.1, 0.15) is 29.5 Å². The number of sulfonamides is 1. The number of nitrogens with zero attached hydrogens (tertiary/aromatic N) is 2. The molecule has 0 bridgehead atoms.